The fourth-order valence-electron chi connectivity index (χ4n) is 4.50. The minimum absolute atomic E-state index is 0.0281. The Hall–Kier alpha value is -3.42. The van der Waals surface area contributed by atoms with Crippen molar-refractivity contribution in [2.75, 3.05) is 0 Å². The molecule has 7 heteroatoms. The first-order valence-corrected chi connectivity index (χ1v) is 12.0. The number of phenolic OH excluding ortho intramolecular Hbond substituents is 2. The van der Waals surface area contributed by atoms with Crippen molar-refractivity contribution in [3.63, 3.8) is 0 Å². The normalized spacial score (nSPS) is 11.4. The van der Waals surface area contributed by atoms with Crippen LogP contribution in [-0.2, 0) is 0 Å². The van der Waals surface area contributed by atoms with E-state index in [9.17, 15) is 20.3 Å². The van der Waals surface area contributed by atoms with Crippen LogP contribution < -0.4 is 0 Å². The first-order valence-electron chi connectivity index (χ1n) is 10.4. The van der Waals surface area contributed by atoms with E-state index in [1.165, 1.54) is 12.1 Å². The number of nitro groups is 1. The summed E-state index contributed by atoms with van der Waals surface area (Å²) in [5.74, 6) is -0.436. The lowest BCUT2D eigenvalue weighted by Gasteiger charge is -2.24. The summed E-state index contributed by atoms with van der Waals surface area (Å²) in [5, 5.41) is 36.9. The number of aromatic hydroxyl groups is 2. The van der Waals surface area contributed by atoms with Crippen LogP contribution in [0.3, 0.4) is 0 Å². The quantitative estimate of drug-likeness (QED) is 0.128. The molecule has 5 aromatic carbocycles. The molecular weight excluding hydrogens is 562 g/mol. The Balaban J connectivity index is 1.89. The SMILES string of the molecule is O=[N+]([O-])c1ccc(C(c2c(O)ccc3cc(Br)ccc23)c2c(O)ccc3cc(Br)ccc23)cc1. The number of hydrogen-bond acceptors (Lipinski definition) is 4. The first-order chi connectivity index (χ1) is 16.3. The Bertz CT molecular complexity index is 1490. The maximum atomic E-state index is 11.3. The predicted molar refractivity (Wildman–Crippen MR) is 141 cm³/mol. The molecular formula is C27H17Br2NO4. The molecule has 0 aliphatic heterocycles. The minimum atomic E-state index is -0.587. The minimum Gasteiger partial charge on any atom is -0.508 e. The van der Waals surface area contributed by atoms with Crippen LogP contribution in [-0.4, -0.2) is 15.1 Å². The van der Waals surface area contributed by atoms with E-state index < -0.39 is 10.8 Å². The summed E-state index contributed by atoms with van der Waals surface area (Å²) >= 11 is 7.01. The maximum Gasteiger partial charge on any atom is 0.269 e. The molecule has 0 unspecified atom stereocenters. The number of nitrogens with zero attached hydrogens (tertiary/aromatic N) is 1. The standard InChI is InChI=1S/C27H17Br2NO4/c28-18-5-9-21-16(13-18)3-11-23(31)26(21)25(15-1-7-20(8-2-15)30(33)34)27-22-10-6-19(29)14-17(22)4-12-24(27)32/h1-14,25,31-32H. The number of fused-ring (bicyclic) bond motifs is 2. The van der Waals surface area contributed by atoms with Gasteiger partial charge in [-0.2, -0.15) is 0 Å². The van der Waals surface area contributed by atoms with Gasteiger partial charge in [-0.3, -0.25) is 10.1 Å². The summed E-state index contributed by atoms with van der Waals surface area (Å²) in [6, 6.07) is 24.8. The van der Waals surface area contributed by atoms with E-state index in [4.69, 9.17) is 0 Å². The van der Waals surface area contributed by atoms with Gasteiger partial charge in [-0.05, 0) is 63.5 Å². The average molecular weight is 579 g/mol. The van der Waals surface area contributed by atoms with Gasteiger partial charge in [0.05, 0.1) is 4.92 Å². The lowest BCUT2D eigenvalue weighted by molar-refractivity contribution is -0.384. The van der Waals surface area contributed by atoms with Crippen LogP contribution in [0.2, 0.25) is 0 Å². The van der Waals surface area contributed by atoms with Crippen molar-refractivity contribution >= 4 is 59.1 Å². The zero-order valence-electron chi connectivity index (χ0n) is 17.6. The highest BCUT2D eigenvalue weighted by Gasteiger charge is 2.27. The van der Waals surface area contributed by atoms with Gasteiger partial charge < -0.3 is 10.2 Å². The van der Waals surface area contributed by atoms with Crippen molar-refractivity contribution in [2.24, 2.45) is 0 Å². The molecule has 0 fully saturated rings. The number of halogens is 2. The van der Waals surface area contributed by atoms with Crippen molar-refractivity contribution < 1.29 is 15.1 Å². The van der Waals surface area contributed by atoms with Crippen molar-refractivity contribution in [1.29, 1.82) is 0 Å². The third kappa shape index (κ3) is 3.91. The lowest BCUT2D eigenvalue weighted by Crippen LogP contribution is -2.06. The monoisotopic (exact) mass is 577 g/mol. The molecule has 0 aliphatic rings. The van der Waals surface area contributed by atoms with E-state index in [2.05, 4.69) is 31.9 Å². The first kappa shape index (κ1) is 22.4. The van der Waals surface area contributed by atoms with Gasteiger partial charge in [0.25, 0.3) is 5.69 Å². The molecule has 0 bridgehead atoms. The molecule has 5 nitrogen and oxygen atoms in total. The second kappa shape index (κ2) is 8.74. The molecule has 0 spiro atoms. The van der Waals surface area contributed by atoms with Gasteiger partial charge in [-0.15, -0.1) is 0 Å². The molecule has 0 saturated heterocycles. The highest BCUT2D eigenvalue weighted by Crippen LogP contribution is 2.47. The maximum absolute atomic E-state index is 11.3. The Morgan fingerprint density at radius 3 is 1.59 bits per heavy atom. The molecule has 34 heavy (non-hydrogen) atoms. The highest BCUT2D eigenvalue weighted by molar-refractivity contribution is 9.10. The largest absolute Gasteiger partial charge is 0.508 e. The van der Waals surface area contributed by atoms with E-state index >= 15 is 0 Å². The molecule has 5 aromatic rings. The van der Waals surface area contributed by atoms with E-state index in [1.54, 1.807) is 24.3 Å². The molecule has 0 amide bonds. The zero-order valence-corrected chi connectivity index (χ0v) is 20.7. The van der Waals surface area contributed by atoms with Crippen LogP contribution in [0.4, 0.5) is 5.69 Å². The number of nitro benzene ring substituents is 1. The van der Waals surface area contributed by atoms with Crippen molar-refractivity contribution in [3.8, 4) is 11.5 Å². The molecule has 0 radical (unpaired) electrons. The number of rotatable bonds is 4. The lowest BCUT2D eigenvalue weighted by atomic mass is 9.80. The van der Waals surface area contributed by atoms with Gasteiger partial charge in [-0.25, -0.2) is 0 Å². The van der Waals surface area contributed by atoms with Crippen LogP contribution in [0.1, 0.15) is 22.6 Å². The predicted octanol–water partition coefficient (Wildman–Crippen LogP) is 8.02. The van der Waals surface area contributed by atoms with Gasteiger partial charge in [-0.1, -0.05) is 68.3 Å². The van der Waals surface area contributed by atoms with E-state index in [0.29, 0.717) is 16.7 Å². The summed E-state index contributed by atoms with van der Waals surface area (Å²) in [6.07, 6.45) is 0. The Morgan fingerprint density at radius 2 is 1.15 bits per heavy atom. The molecule has 0 atom stereocenters. The number of phenols is 2. The van der Waals surface area contributed by atoms with Crippen LogP contribution in [0.25, 0.3) is 21.5 Å². The van der Waals surface area contributed by atoms with Crippen molar-refractivity contribution in [1.82, 2.24) is 0 Å². The van der Waals surface area contributed by atoms with Gasteiger partial charge in [0.15, 0.2) is 0 Å². The molecule has 0 saturated carbocycles. The molecule has 0 heterocycles. The van der Waals surface area contributed by atoms with Gasteiger partial charge in [0.1, 0.15) is 11.5 Å². The van der Waals surface area contributed by atoms with E-state index in [-0.39, 0.29) is 17.2 Å². The fraction of sp³-hybridized carbons (Fsp3) is 0.0370. The number of non-ortho nitro benzene ring substituents is 1. The Morgan fingerprint density at radius 1 is 0.676 bits per heavy atom. The molecule has 5 rings (SSSR count). The van der Waals surface area contributed by atoms with Crippen LogP contribution in [0.5, 0.6) is 11.5 Å². The summed E-state index contributed by atoms with van der Waals surface area (Å²) in [7, 11) is 0. The third-order valence-corrected chi connectivity index (χ3v) is 7.00. The van der Waals surface area contributed by atoms with Gasteiger partial charge >= 0.3 is 0 Å². The van der Waals surface area contributed by atoms with Crippen molar-refractivity contribution in [2.45, 2.75) is 5.92 Å². The van der Waals surface area contributed by atoms with Crippen molar-refractivity contribution in [3.05, 3.63) is 121 Å². The second-order valence-electron chi connectivity index (χ2n) is 8.01. The Labute approximate surface area is 211 Å². The summed E-state index contributed by atoms with van der Waals surface area (Å²) in [4.78, 5) is 10.8. The van der Waals surface area contributed by atoms with Gasteiger partial charge in [0, 0.05) is 38.1 Å². The topological polar surface area (TPSA) is 83.6 Å². The average Bonchev–Trinajstić information content (AvgIpc) is 2.82. The number of benzene rings is 5. The smallest absolute Gasteiger partial charge is 0.269 e. The van der Waals surface area contributed by atoms with Crippen LogP contribution in [0, 0.1) is 10.1 Å². The summed E-state index contributed by atoms with van der Waals surface area (Å²) < 4.78 is 1.81. The van der Waals surface area contributed by atoms with E-state index in [1.807, 2.05) is 48.5 Å². The van der Waals surface area contributed by atoms with Crippen LogP contribution in [0.15, 0.2) is 93.9 Å². The molecule has 0 aliphatic carbocycles. The Kier molecular flexibility index (Phi) is 5.75. The second-order valence-corrected chi connectivity index (χ2v) is 9.84. The number of hydrogen-bond donors (Lipinski definition) is 2. The molecule has 168 valence electrons. The summed E-state index contributed by atoms with van der Waals surface area (Å²) in [5.41, 5.74) is 1.91. The fourth-order valence-corrected chi connectivity index (χ4v) is 5.26. The third-order valence-electron chi connectivity index (χ3n) is 6.02. The summed E-state index contributed by atoms with van der Waals surface area (Å²) in [6.45, 7) is 0. The van der Waals surface area contributed by atoms with Gasteiger partial charge in [0.2, 0.25) is 0 Å². The zero-order chi connectivity index (χ0) is 24.0. The van der Waals surface area contributed by atoms with E-state index in [0.717, 1.165) is 30.5 Å². The van der Waals surface area contributed by atoms with Crippen LogP contribution >= 0.6 is 31.9 Å². The highest BCUT2D eigenvalue weighted by atomic mass is 79.9. The molecule has 0 aromatic heterocycles. The molecule has 2 N–H and O–H groups in total.